The van der Waals surface area contributed by atoms with Crippen molar-refractivity contribution in [2.24, 2.45) is 0 Å². The molecule has 1 aliphatic rings. The van der Waals surface area contributed by atoms with Gasteiger partial charge >= 0.3 is 0 Å². The zero-order chi connectivity index (χ0) is 20.9. The van der Waals surface area contributed by atoms with Gasteiger partial charge in [0.1, 0.15) is 0 Å². The fraction of sp³-hybridized carbons (Fsp3) is 0.174. The van der Waals surface area contributed by atoms with Crippen LogP contribution in [0.2, 0.25) is 0 Å². The van der Waals surface area contributed by atoms with Crippen LogP contribution in [0.4, 0.5) is 5.69 Å². The second-order valence-corrected chi connectivity index (χ2v) is 7.10. The fourth-order valence-electron chi connectivity index (χ4n) is 3.52. The second-order valence-electron chi connectivity index (χ2n) is 7.10. The molecule has 2 aromatic carbocycles. The van der Waals surface area contributed by atoms with Crippen molar-refractivity contribution in [3.63, 3.8) is 0 Å². The molecule has 152 valence electrons. The summed E-state index contributed by atoms with van der Waals surface area (Å²) in [4.78, 5) is 38.4. The SMILES string of the molecule is O=C(Cc1ccc(N2CCCC2=O)cc1)NNC(=O)c1ccccc1-n1cccc1. The molecule has 1 aliphatic heterocycles. The van der Waals surface area contributed by atoms with Crippen molar-refractivity contribution in [1.82, 2.24) is 15.4 Å². The van der Waals surface area contributed by atoms with E-state index >= 15 is 0 Å². The Bertz CT molecular complexity index is 1060. The largest absolute Gasteiger partial charge is 0.323 e. The zero-order valence-corrected chi connectivity index (χ0v) is 16.4. The summed E-state index contributed by atoms with van der Waals surface area (Å²) in [6, 6.07) is 18.3. The predicted molar refractivity (Wildman–Crippen MR) is 113 cm³/mol. The third-order valence-corrected chi connectivity index (χ3v) is 5.03. The van der Waals surface area contributed by atoms with Crippen LogP contribution in [0.5, 0.6) is 0 Å². The van der Waals surface area contributed by atoms with Crippen LogP contribution in [0.25, 0.3) is 5.69 Å². The standard InChI is InChI=1S/C23H22N4O3/c28-21(16-17-9-11-18(12-10-17)27-15-5-8-22(27)29)24-25-23(30)19-6-1-2-7-20(19)26-13-3-4-14-26/h1-4,6-7,9-14H,5,8,15-16H2,(H,24,28)(H,25,30). The Labute approximate surface area is 174 Å². The average molecular weight is 402 g/mol. The van der Waals surface area contributed by atoms with Crippen molar-refractivity contribution in [2.75, 3.05) is 11.4 Å². The highest BCUT2D eigenvalue weighted by molar-refractivity contribution is 5.99. The molecule has 0 bridgehead atoms. The fourth-order valence-corrected chi connectivity index (χ4v) is 3.52. The van der Waals surface area contributed by atoms with Gasteiger partial charge in [0.05, 0.1) is 17.7 Å². The van der Waals surface area contributed by atoms with Gasteiger partial charge in [0.25, 0.3) is 5.91 Å². The van der Waals surface area contributed by atoms with Crippen LogP contribution < -0.4 is 15.8 Å². The summed E-state index contributed by atoms with van der Waals surface area (Å²) >= 11 is 0. The molecule has 2 heterocycles. The second kappa shape index (κ2) is 8.65. The number of hydrogen-bond acceptors (Lipinski definition) is 3. The maximum Gasteiger partial charge on any atom is 0.271 e. The van der Waals surface area contributed by atoms with Crippen LogP contribution in [0, 0.1) is 0 Å². The quantitative estimate of drug-likeness (QED) is 0.644. The molecule has 0 aliphatic carbocycles. The molecule has 2 N–H and O–H groups in total. The van der Waals surface area contributed by atoms with Gasteiger partial charge in [-0.25, -0.2) is 0 Å². The number of nitrogens with one attached hydrogen (secondary N) is 2. The van der Waals surface area contributed by atoms with Crippen molar-refractivity contribution in [3.05, 3.63) is 84.2 Å². The number of aromatic nitrogens is 1. The summed E-state index contributed by atoms with van der Waals surface area (Å²) in [6.45, 7) is 0.731. The average Bonchev–Trinajstić information content (AvgIpc) is 3.45. The lowest BCUT2D eigenvalue weighted by Gasteiger charge is -2.16. The van der Waals surface area contributed by atoms with Gasteiger partial charge in [-0.05, 0) is 48.4 Å². The molecule has 7 nitrogen and oxygen atoms in total. The molecule has 1 fully saturated rings. The van der Waals surface area contributed by atoms with Crippen LogP contribution in [-0.4, -0.2) is 28.8 Å². The van der Waals surface area contributed by atoms with Crippen molar-refractivity contribution in [3.8, 4) is 5.69 Å². The van der Waals surface area contributed by atoms with Gasteiger partial charge < -0.3 is 9.47 Å². The Hall–Kier alpha value is -3.87. The monoisotopic (exact) mass is 402 g/mol. The first kappa shape index (κ1) is 19.4. The van der Waals surface area contributed by atoms with Crippen LogP contribution >= 0.6 is 0 Å². The van der Waals surface area contributed by atoms with Gasteiger partial charge in [-0.1, -0.05) is 24.3 Å². The van der Waals surface area contributed by atoms with Gasteiger partial charge in [0.2, 0.25) is 11.8 Å². The number of carbonyl (C=O) groups is 3. The number of carbonyl (C=O) groups excluding carboxylic acids is 3. The summed E-state index contributed by atoms with van der Waals surface area (Å²) < 4.78 is 1.84. The van der Waals surface area contributed by atoms with Gasteiger partial charge in [0, 0.05) is 31.0 Å². The van der Waals surface area contributed by atoms with E-state index < -0.39 is 5.91 Å². The molecular formula is C23H22N4O3. The van der Waals surface area contributed by atoms with Crippen molar-refractivity contribution < 1.29 is 14.4 Å². The molecule has 1 saturated heterocycles. The predicted octanol–water partition coefficient (Wildman–Crippen LogP) is 2.61. The molecule has 7 heteroatoms. The highest BCUT2D eigenvalue weighted by Crippen LogP contribution is 2.21. The van der Waals surface area contributed by atoms with Crippen molar-refractivity contribution >= 4 is 23.4 Å². The number of hydrogen-bond donors (Lipinski definition) is 2. The summed E-state index contributed by atoms with van der Waals surface area (Å²) in [5, 5.41) is 0. The number of anilines is 1. The lowest BCUT2D eigenvalue weighted by molar-refractivity contribution is -0.121. The van der Waals surface area contributed by atoms with Gasteiger partial charge in [-0.2, -0.15) is 0 Å². The van der Waals surface area contributed by atoms with E-state index in [4.69, 9.17) is 0 Å². The highest BCUT2D eigenvalue weighted by Gasteiger charge is 2.21. The van der Waals surface area contributed by atoms with E-state index in [-0.39, 0.29) is 18.2 Å². The number of amides is 3. The van der Waals surface area contributed by atoms with E-state index in [1.54, 1.807) is 17.0 Å². The number of benzene rings is 2. The first-order valence-electron chi connectivity index (χ1n) is 9.83. The van der Waals surface area contributed by atoms with Crippen molar-refractivity contribution in [1.29, 1.82) is 0 Å². The summed E-state index contributed by atoms with van der Waals surface area (Å²) in [5.41, 5.74) is 7.76. The third kappa shape index (κ3) is 4.25. The van der Waals surface area contributed by atoms with E-state index in [9.17, 15) is 14.4 Å². The molecule has 0 atom stereocenters. The molecule has 3 amide bonds. The molecule has 3 aromatic rings. The molecule has 0 spiro atoms. The molecule has 1 aromatic heterocycles. The maximum absolute atomic E-state index is 12.6. The molecule has 0 radical (unpaired) electrons. The Morgan fingerprint density at radius 3 is 2.33 bits per heavy atom. The Morgan fingerprint density at radius 1 is 0.900 bits per heavy atom. The Balaban J connectivity index is 1.34. The van der Waals surface area contributed by atoms with Gasteiger partial charge in [0.15, 0.2) is 0 Å². The lowest BCUT2D eigenvalue weighted by atomic mass is 10.1. The zero-order valence-electron chi connectivity index (χ0n) is 16.4. The molecule has 0 saturated carbocycles. The minimum atomic E-state index is -0.393. The maximum atomic E-state index is 12.6. The third-order valence-electron chi connectivity index (χ3n) is 5.03. The van der Waals surface area contributed by atoms with Gasteiger partial charge in [-0.3, -0.25) is 25.2 Å². The van der Waals surface area contributed by atoms with Crippen LogP contribution in [-0.2, 0) is 16.0 Å². The molecular weight excluding hydrogens is 380 g/mol. The first-order valence-corrected chi connectivity index (χ1v) is 9.83. The van der Waals surface area contributed by atoms with E-state index in [1.807, 2.05) is 65.5 Å². The van der Waals surface area contributed by atoms with Crippen LogP contribution in [0.15, 0.2) is 73.1 Å². The Kier molecular flexibility index (Phi) is 5.61. The number of nitrogens with zero attached hydrogens (tertiary/aromatic N) is 2. The van der Waals surface area contributed by atoms with E-state index in [0.717, 1.165) is 29.9 Å². The smallest absolute Gasteiger partial charge is 0.271 e. The topological polar surface area (TPSA) is 83.4 Å². The molecule has 30 heavy (non-hydrogen) atoms. The van der Waals surface area contributed by atoms with E-state index in [0.29, 0.717) is 12.0 Å². The minimum Gasteiger partial charge on any atom is -0.323 e. The lowest BCUT2D eigenvalue weighted by Crippen LogP contribution is -2.42. The number of rotatable bonds is 5. The number of para-hydroxylation sites is 1. The van der Waals surface area contributed by atoms with Crippen molar-refractivity contribution in [2.45, 2.75) is 19.3 Å². The summed E-state index contributed by atoms with van der Waals surface area (Å²) in [6.07, 6.45) is 5.27. The number of hydrazine groups is 1. The first-order chi connectivity index (χ1) is 14.6. The van der Waals surface area contributed by atoms with E-state index in [1.165, 1.54) is 0 Å². The minimum absolute atomic E-state index is 0.119. The normalized spacial score (nSPS) is 13.3. The molecule has 0 unspecified atom stereocenters. The highest BCUT2D eigenvalue weighted by atomic mass is 16.2. The Morgan fingerprint density at radius 2 is 1.63 bits per heavy atom. The van der Waals surface area contributed by atoms with Crippen LogP contribution in [0.1, 0.15) is 28.8 Å². The van der Waals surface area contributed by atoms with E-state index in [2.05, 4.69) is 10.9 Å². The molecule has 4 rings (SSSR count). The van der Waals surface area contributed by atoms with Gasteiger partial charge in [-0.15, -0.1) is 0 Å². The summed E-state index contributed by atoms with van der Waals surface area (Å²) in [7, 11) is 0. The summed E-state index contributed by atoms with van der Waals surface area (Å²) in [5.74, 6) is -0.592. The van der Waals surface area contributed by atoms with Crippen LogP contribution in [0.3, 0.4) is 0 Å².